The van der Waals surface area contributed by atoms with E-state index in [-0.39, 0.29) is 0 Å². The van der Waals surface area contributed by atoms with Crippen LogP contribution >= 0.6 is 22.6 Å². The Bertz CT molecular complexity index is 884. The molecule has 0 fully saturated rings. The van der Waals surface area contributed by atoms with Crippen LogP contribution in [0.25, 0.3) is 17.2 Å². The summed E-state index contributed by atoms with van der Waals surface area (Å²) in [6.07, 6.45) is 2.16. The SMILES string of the molecule is Cc1cccc(-c2nnc3n2-c2ccc(I)cc2CCC3C)n1. The van der Waals surface area contributed by atoms with Crippen LogP contribution in [-0.4, -0.2) is 19.7 Å². The molecule has 0 N–H and O–H groups in total. The fraction of sp³-hybridized carbons (Fsp3) is 0.278. The Kier molecular flexibility index (Phi) is 3.67. The molecule has 0 aliphatic carbocycles. The van der Waals surface area contributed by atoms with Gasteiger partial charge in [-0.25, -0.2) is 4.98 Å². The van der Waals surface area contributed by atoms with Crippen LogP contribution in [0.4, 0.5) is 0 Å². The van der Waals surface area contributed by atoms with E-state index in [1.807, 2.05) is 25.1 Å². The Balaban J connectivity index is 1.99. The molecule has 0 saturated heterocycles. The summed E-state index contributed by atoms with van der Waals surface area (Å²) in [5.41, 5.74) is 4.41. The van der Waals surface area contributed by atoms with Crippen LogP contribution in [0.2, 0.25) is 0 Å². The number of halogens is 1. The smallest absolute Gasteiger partial charge is 0.187 e. The van der Waals surface area contributed by atoms with E-state index in [1.165, 1.54) is 14.8 Å². The van der Waals surface area contributed by atoms with E-state index >= 15 is 0 Å². The topological polar surface area (TPSA) is 43.6 Å². The van der Waals surface area contributed by atoms with Crippen molar-refractivity contribution in [2.75, 3.05) is 0 Å². The molecular formula is C18H17IN4. The van der Waals surface area contributed by atoms with E-state index in [1.54, 1.807) is 0 Å². The largest absolute Gasteiger partial charge is 0.277 e. The van der Waals surface area contributed by atoms with E-state index < -0.39 is 0 Å². The van der Waals surface area contributed by atoms with Crippen molar-refractivity contribution in [1.29, 1.82) is 0 Å². The average molecular weight is 416 g/mol. The molecule has 0 bridgehead atoms. The van der Waals surface area contributed by atoms with Gasteiger partial charge < -0.3 is 0 Å². The number of aromatic nitrogens is 4. The van der Waals surface area contributed by atoms with Gasteiger partial charge in [0.1, 0.15) is 11.5 Å². The van der Waals surface area contributed by atoms with Crippen molar-refractivity contribution in [1.82, 2.24) is 19.7 Å². The molecule has 2 aromatic heterocycles. The first-order chi connectivity index (χ1) is 11.1. The Morgan fingerprint density at radius 2 is 2.04 bits per heavy atom. The molecule has 1 unspecified atom stereocenters. The second-order valence-electron chi connectivity index (χ2n) is 6.09. The van der Waals surface area contributed by atoms with E-state index in [0.717, 1.165) is 35.9 Å². The first-order valence-corrected chi connectivity index (χ1v) is 8.89. The maximum atomic E-state index is 4.65. The number of aryl methyl sites for hydroxylation is 2. The summed E-state index contributed by atoms with van der Waals surface area (Å²) in [6.45, 7) is 4.23. The molecule has 3 aromatic rings. The van der Waals surface area contributed by atoms with Crippen LogP contribution < -0.4 is 0 Å². The fourth-order valence-corrected chi connectivity index (χ4v) is 3.72. The van der Waals surface area contributed by atoms with Crippen molar-refractivity contribution in [2.45, 2.75) is 32.6 Å². The minimum atomic E-state index is 0.381. The van der Waals surface area contributed by atoms with Gasteiger partial charge in [-0.15, -0.1) is 10.2 Å². The van der Waals surface area contributed by atoms with Crippen LogP contribution in [0.5, 0.6) is 0 Å². The predicted octanol–water partition coefficient (Wildman–Crippen LogP) is 4.29. The molecule has 5 heteroatoms. The lowest BCUT2D eigenvalue weighted by Crippen LogP contribution is -2.05. The number of hydrogen-bond donors (Lipinski definition) is 0. The molecule has 3 heterocycles. The zero-order valence-electron chi connectivity index (χ0n) is 13.1. The standard InChI is InChI=1S/C18H17IN4/c1-11-6-7-13-10-14(19)8-9-16(13)23-17(11)21-22-18(23)15-5-3-4-12(2)20-15/h3-5,8-11H,6-7H2,1-2H3. The zero-order valence-corrected chi connectivity index (χ0v) is 15.3. The molecule has 1 atom stereocenters. The highest BCUT2D eigenvalue weighted by atomic mass is 127. The molecule has 23 heavy (non-hydrogen) atoms. The lowest BCUT2D eigenvalue weighted by Gasteiger charge is -2.12. The monoisotopic (exact) mass is 416 g/mol. The summed E-state index contributed by atoms with van der Waals surface area (Å²) in [5, 5.41) is 8.97. The molecule has 0 radical (unpaired) electrons. The molecule has 0 amide bonds. The molecule has 4 rings (SSSR count). The molecule has 1 aromatic carbocycles. The third kappa shape index (κ3) is 2.56. The quantitative estimate of drug-likeness (QED) is 0.556. The lowest BCUT2D eigenvalue weighted by atomic mass is 10.0. The highest BCUT2D eigenvalue weighted by Gasteiger charge is 2.25. The van der Waals surface area contributed by atoms with Crippen LogP contribution in [0.3, 0.4) is 0 Å². The molecule has 1 aliphatic heterocycles. The van der Waals surface area contributed by atoms with Crippen molar-refractivity contribution >= 4 is 22.6 Å². The molecule has 0 saturated carbocycles. The first-order valence-electron chi connectivity index (χ1n) is 7.81. The molecule has 0 spiro atoms. The van der Waals surface area contributed by atoms with Crippen molar-refractivity contribution in [3.63, 3.8) is 0 Å². The zero-order chi connectivity index (χ0) is 16.0. The number of nitrogens with zero attached hydrogens (tertiary/aromatic N) is 4. The Morgan fingerprint density at radius 1 is 1.17 bits per heavy atom. The van der Waals surface area contributed by atoms with Gasteiger partial charge >= 0.3 is 0 Å². The third-order valence-corrected chi connectivity index (χ3v) is 5.05. The summed E-state index contributed by atoms with van der Waals surface area (Å²) in [5.74, 6) is 2.24. The van der Waals surface area contributed by atoms with E-state index in [9.17, 15) is 0 Å². The van der Waals surface area contributed by atoms with E-state index in [2.05, 4.69) is 67.5 Å². The van der Waals surface area contributed by atoms with Gasteiger partial charge in [-0.05, 0) is 78.3 Å². The van der Waals surface area contributed by atoms with Crippen molar-refractivity contribution < 1.29 is 0 Å². The predicted molar refractivity (Wildman–Crippen MR) is 98.8 cm³/mol. The van der Waals surface area contributed by atoms with Crippen molar-refractivity contribution in [2.24, 2.45) is 0 Å². The minimum absolute atomic E-state index is 0.381. The summed E-state index contributed by atoms with van der Waals surface area (Å²) in [7, 11) is 0. The molecule has 1 aliphatic rings. The third-order valence-electron chi connectivity index (χ3n) is 4.38. The maximum absolute atomic E-state index is 4.65. The van der Waals surface area contributed by atoms with Gasteiger partial charge in [-0.1, -0.05) is 13.0 Å². The van der Waals surface area contributed by atoms with Crippen LogP contribution in [0.1, 0.15) is 36.3 Å². The summed E-state index contributed by atoms with van der Waals surface area (Å²) in [4.78, 5) is 4.65. The van der Waals surface area contributed by atoms with Crippen molar-refractivity contribution in [3.8, 4) is 17.2 Å². The number of benzene rings is 1. The number of pyridine rings is 1. The van der Waals surface area contributed by atoms with Gasteiger partial charge in [0.25, 0.3) is 0 Å². The summed E-state index contributed by atoms with van der Waals surface area (Å²) >= 11 is 2.37. The summed E-state index contributed by atoms with van der Waals surface area (Å²) in [6, 6.07) is 12.6. The fourth-order valence-electron chi connectivity index (χ4n) is 3.16. The maximum Gasteiger partial charge on any atom is 0.187 e. The molecule has 4 nitrogen and oxygen atoms in total. The Morgan fingerprint density at radius 3 is 2.87 bits per heavy atom. The van der Waals surface area contributed by atoms with Gasteiger partial charge in [-0.2, -0.15) is 0 Å². The minimum Gasteiger partial charge on any atom is -0.277 e. The van der Waals surface area contributed by atoms with Crippen LogP contribution in [-0.2, 0) is 6.42 Å². The van der Waals surface area contributed by atoms with Gasteiger partial charge in [0, 0.05) is 15.2 Å². The lowest BCUT2D eigenvalue weighted by molar-refractivity contribution is 0.644. The van der Waals surface area contributed by atoms with Crippen LogP contribution in [0.15, 0.2) is 36.4 Å². The van der Waals surface area contributed by atoms with Gasteiger partial charge in [-0.3, -0.25) is 4.57 Å². The van der Waals surface area contributed by atoms with Gasteiger partial charge in [0.05, 0.1) is 5.69 Å². The van der Waals surface area contributed by atoms with E-state index in [0.29, 0.717) is 5.92 Å². The Labute approximate surface area is 149 Å². The normalized spacial score (nSPS) is 16.6. The van der Waals surface area contributed by atoms with Crippen LogP contribution in [0, 0.1) is 10.5 Å². The second kappa shape index (κ2) is 5.70. The highest BCUT2D eigenvalue weighted by molar-refractivity contribution is 14.1. The first kappa shape index (κ1) is 14.8. The summed E-state index contributed by atoms with van der Waals surface area (Å²) < 4.78 is 3.46. The van der Waals surface area contributed by atoms with Gasteiger partial charge in [0.15, 0.2) is 5.82 Å². The number of hydrogen-bond acceptors (Lipinski definition) is 3. The van der Waals surface area contributed by atoms with Gasteiger partial charge in [0.2, 0.25) is 0 Å². The highest BCUT2D eigenvalue weighted by Crippen LogP contribution is 2.34. The average Bonchev–Trinajstić information content (AvgIpc) is 2.92. The number of rotatable bonds is 1. The van der Waals surface area contributed by atoms with E-state index in [4.69, 9.17) is 0 Å². The Hall–Kier alpha value is -1.76. The second-order valence-corrected chi connectivity index (χ2v) is 7.34. The number of fused-ring (bicyclic) bond motifs is 3. The van der Waals surface area contributed by atoms with Crippen molar-refractivity contribution in [3.05, 3.63) is 57.1 Å². The molecule has 116 valence electrons. The molecular weight excluding hydrogens is 399 g/mol.